The van der Waals surface area contributed by atoms with Gasteiger partial charge in [-0.15, -0.1) is 0 Å². The lowest BCUT2D eigenvalue weighted by Crippen LogP contribution is -2.43. The van der Waals surface area contributed by atoms with E-state index in [0.717, 1.165) is 31.2 Å². The summed E-state index contributed by atoms with van der Waals surface area (Å²) in [5.74, 6) is 0.408. The average molecular weight is 297 g/mol. The number of carbonyl (C=O) groups excluding carboxylic acids is 1. The van der Waals surface area contributed by atoms with E-state index in [0.29, 0.717) is 17.5 Å². The van der Waals surface area contributed by atoms with Gasteiger partial charge in [0.1, 0.15) is 0 Å². The molecule has 5 heteroatoms. The van der Waals surface area contributed by atoms with E-state index in [4.69, 9.17) is 16.7 Å². The van der Waals surface area contributed by atoms with Crippen LogP contribution >= 0.6 is 11.6 Å². The van der Waals surface area contributed by atoms with Gasteiger partial charge < -0.3 is 15.7 Å². The molecule has 0 aliphatic heterocycles. The third-order valence-electron chi connectivity index (χ3n) is 3.81. The largest absolute Gasteiger partial charge is 0.396 e. The van der Waals surface area contributed by atoms with Gasteiger partial charge in [0.2, 0.25) is 0 Å². The number of urea groups is 1. The highest BCUT2D eigenvalue weighted by atomic mass is 35.5. The highest BCUT2D eigenvalue weighted by Crippen LogP contribution is 2.23. The lowest BCUT2D eigenvalue weighted by atomic mass is 9.87. The molecule has 1 saturated carbocycles. The summed E-state index contributed by atoms with van der Waals surface area (Å²) < 4.78 is 0. The Hall–Kier alpha value is -1.26. The fraction of sp³-hybridized carbons (Fsp3) is 0.533. The van der Waals surface area contributed by atoms with E-state index >= 15 is 0 Å². The van der Waals surface area contributed by atoms with Crippen LogP contribution in [0.1, 0.15) is 31.2 Å². The molecule has 1 aromatic carbocycles. The number of aliphatic hydroxyl groups excluding tert-OH is 1. The van der Waals surface area contributed by atoms with E-state index in [1.807, 2.05) is 24.3 Å². The predicted octanol–water partition coefficient (Wildman–Crippen LogP) is 2.69. The number of rotatable bonds is 4. The molecule has 1 aromatic rings. The summed E-state index contributed by atoms with van der Waals surface area (Å²) in [4.78, 5) is 11.8. The maximum absolute atomic E-state index is 11.8. The number of hydrogen-bond acceptors (Lipinski definition) is 2. The van der Waals surface area contributed by atoms with E-state index < -0.39 is 0 Å². The standard InChI is InChI=1S/C15H21ClN2O2/c16-13-5-1-11(2-6-13)9-17-15(20)18-14-7-3-12(10-19)4-8-14/h1-2,5-6,12,14,19H,3-4,7-10H2,(H2,17,18,20). The fourth-order valence-electron chi connectivity index (χ4n) is 2.51. The molecule has 2 amide bonds. The van der Waals surface area contributed by atoms with Crippen molar-refractivity contribution in [3.05, 3.63) is 34.9 Å². The predicted molar refractivity (Wildman–Crippen MR) is 79.7 cm³/mol. The molecule has 0 aromatic heterocycles. The fourth-order valence-corrected chi connectivity index (χ4v) is 2.64. The zero-order chi connectivity index (χ0) is 14.4. The van der Waals surface area contributed by atoms with Crippen LogP contribution in [0.15, 0.2) is 24.3 Å². The molecule has 4 nitrogen and oxygen atoms in total. The minimum atomic E-state index is -0.132. The monoisotopic (exact) mass is 296 g/mol. The van der Waals surface area contributed by atoms with Crippen molar-refractivity contribution in [3.63, 3.8) is 0 Å². The van der Waals surface area contributed by atoms with Crippen molar-refractivity contribution in [2.24, 2.45) is 5.92 Å². The molecule has 110 valence electrons. The van der Waals surface area contributed by atoms with Crippen LogP contribution in [0.3, 0.4) is 0 Å². The lowest BCUT2D eigenvalue weighted by molar-refractivity contribution is 0.174. The van der Waals surface area contributed by atoms with E-state index in [1.165, 1.54) is 0 Å². The van der Waals surface area contributed by atoms with Gasteiger partial charge in [0.25, 0.3) is 0 Å². The maximum Gasteiger partial charge on any atom is 0.315 e. The minimum Gasteiger partial charge on any atom is -0.396 e. The molecule has 0 bridgehead atoms. The van der Waals surface area contributed by atoms with Gasteiger partial charge in [0, 0.05) is 24.2 Å². The van der Waals surface area contributed by atoms with Gasteiger partial charge >= 0.3 is 6.03 Å². The third-order valence-corrected chi connectivity index (χ3v) is 4.06. The molecule has 1 aliphatic carbocycles. The van der Waals surface area contributed by atoms with Crippen molar-refractivity contribution in [2.45, 2.75) is 38.3 Å². The summed E-state index contributed by atoms with van der Waals surface area (Å²) in [5.41, 5.74) is 1.02. The zero-order valence-corrected chi connectivity index (χ0v) is 12.2. The number of amides is 2. The number of aliphatic hydroxyl groups is 1. The summed E-state index contributed by atoms with van der Waals surface area (Å²) >= 11 is 5.81. The summed E-state index contributed by atoms with van der Waals surface area (Å²) in [6.45, 7) is 0.754. The number of hydrogen-bond donors (Lipinski definition) is 3. The van der Waals surface area contributed by atoms with Gasteiger partial charge in [0.05, 0.1) is 0 Å². The molecule has 1 fully saturated rings. The molecule has 0 unspecified atom stereocenters. The molecule has 20 heavy (non-hydrogen) atoms. The zero-order valence-electron chi connectivity index (χ0n) is 11.4. The molecular formula is C15H21ClN2O2. The topological polar surface area (TPSA) is 61.4 Å². The minimum absolute atomic E-state index is 0.132. The first kappa shape index (κ1) is 15.1. The smallest absolute Gasteiger partial charge is 0.315 e. The molecule has 0 heterocycles. The van der Waals surface area contributed by atoms with Crippen molar-refractivity contribution in [2.75, 3.05) is 6.61 Å². The van der Waals surface area contributed by atoms with Crippen molar-refractivity contribution in [1.29, 1.82) is 0 Å². The SMILES string of the molecule is O=C(NCc1ccc(Cl)cc1)NC1CCC(CO)CC1. The van der Waals surface area contributed by atoms with Gasteiger partial charge in [-0.05, 0) is 49.3 Å². The average Bonchev–Trinajstić information content (AvgIpc) is 2.47. The van der Waals surface area contributed by atoms with Crippen molar-refractivity contribution < 1.29 is 9.90 Å². The Labute approximate surface area is 124 Å². The molecule has 3 N–H and O–H groups in total. The second-order valence-electron chi connectivity index (χ2n) is 5.35. The molecule has 2 rings (SSSR count). The molecule has 1 aliphatic rings. The quantitative estimate of drug-likeness (QED) is 0.800. The van der Waals surface area contributed by atoms with E-state index in [-0.39, 0.29) is 18.7 Å². The Bertz CT molecular complexity index is 428. The molecule has 0 radical (unpaired) electrons. The number of benzene rings is 1. The molecular weight excluding hydrogens is 276 g/mol. The van der Waals surface area contributed by atoms with Crippen LogP contribution < -0.4 is 10.6 Å². The van der Waals surface area contributed by atoms with Crippen LogP contribution in [-0.2, 0) is 6.54 Å². The Morgan fingerprint density at radius 2 is 1.85 bits per heavy atom. The number of carbonyl (C=O) groups is 1. The first-order valence-corrected chi connectivity index (χ1v) is 7.45. The van der Waals surface area contributed by atoms with Gasteiger partial charge in [-0.1, -0.05) is 23.7 Å². The van der Waals surface area contributed by atoms with E-state index in [1.54, 1.807) is 0 Å². The summed E-state index contributed by atoms with van der Waals surface area (Å²) in [5, 5.41) is 15.6. The van der Waals surface area contributed by atoms with Crippen LogP contribution in [0.25, 0.3) is 0 Å². The second-order valence-corrected chi connectivity index (χ2v) is 5.79. The molecule has 0 spiro atoms. The van der Waals surface area contributed by atoms with E-state index in [9.17, 15) is 4.79 Å². The molecule has 0 atom stereocenters. The summed E-state index contributed by atoms with van der Waals surface area (Å²) in [6.07, 6.45) is 3.86. The van der Waals surface area contributed by atoms with Crippen LogP contribution in [-0.4, -0.2) is 23.8 Å². The Kier molecular flexibility index (Phi) is 5.68. The maximum atomic E-state index is 11.8. The Morgan fingerprint density at radius 3 is 2.45 bits per heavy atom. The first-order valence-electron chi connectivity index (χ1n) is 7.07. The van der Waals surface area contributed by atoms with Crippen molar-refractivity contribution in [3.8, 4) is 0 Å². The third kappa shape index (κ3) is 4.69. The Balaban J connectivity index is 1.69. The highest BCUT2D eigenvalue weighted by Gasteiger charge is 2.21. The lowest BCUT2D eigenvalue weighted by Gasteiger charge is -2.27. The van der Waals surface area contributed by atoms with Crippen molar-refractivity contribution in [1.82, 2.24) is 10.6 Å². The highest BCUT2D eigenvalue weighted by molar-refractivity contribution is 6.30. The van der Waals surface area contributed by atoms with Crippen LogP contribution in [0, 0.1) is 5.92 Å². The van der Waals surface area contributed by atoms with Crippen LogP contribution in [0.4, 0.5) is 4.79 Å². The second kappa shape index (κ2) is 7.50. The van der Waals surface area contributed by atoms with Gasteiger partial charge in [-0.25, -0.2) is 4.79 Å². The van der Waals surface area contributed by atoms with Gasteiger partial charge in [-0.2, -0.15) is 0 Å². The van der Waals surface area contributed by atoms with Gasteiger partial charge in [-0.3, -0.25) is 0 Å². The number of halogens is 1. The Morgan fingerprint density at radius 1 is 1.20 bits per heavy atom. The first-order chi connectivity index (χ1) is 9.67. The van der Waals surface area contributed by atoms with Crippen LogP contribution in [0.2, 0.25) is 5.02 Å². The van der Waals surface area contributed by atoms with Gasteiger partial charge in [0.15, 0.2) is 0 Å². The summed E-state index contributed by atoms with van der Waals surface area (Å²) in [6, 6.07) is 7.51. The molecule has 0 saturated heterocycles. The van der Waals surface area contributed by atoms with Crippen molar-refractivity contribution >= 4 is 17.6 Å². The normalized spacial score (nSPS) is 22.3. The van der Waals surface area contributed by atoms with E-state index in [2.05, 4.69) is 10.6 Å². The van der Waals surface area contributed by atoms with Crippen LogP contribution in [0.5, 0.6) is 0 Å². The number of nitrogens with one attached hydrogen (secondary N) is 2. The summed E-state index contributed by atoms with van der Waals surface area (Å²) in [7, 11) is 0.